The van der Waals surface area contributed by atoms with Crippen molar-refractivity contribution in [3.05, 3.63) is 23.3 Å². The third kappa shape index (κ3) is 3.24. The van der Waals surface area contributed by atoms with Crippen LogP contribution in [0, 0.1) is 25.7 Å². The van der Waals surface area contributed by atoms with Gasteiger partial charge in [0.2, 0.25) is 10.0 Å². The molecule has 0 radical (unpaired) electrons. The second kappa shape index (κ2) is 5.97. The number of hydrogen-bond acceptors (Lipinski definition) is 3. The van der Waals surface area contributed by atoms with Gasteiger partial charge in [0.05, 0.1) is 12.0 Å². The molecule has 2 rings (SSSR count). The summed E-state index contributed by atoms with van der Waals surface area (Å²) in [6, 6.07) is 3.53. The van der Waals surface area contributed by atoms with E-state index in [0.29, 0.717) is 35.6 Å². The molecule has 1 heterocycles. The molecule has 118 valence electrons. The summed E-state index contributed by atoms with van der Waals surface area (Å²) >= 11 is 0. The Morgan fingerprint density at radius 3 is 2.19 bits per heavy atom. The van der Waals surface area contributed by atoms with Crippen molar-refractivity contribution in [1.29, 1.82) is 0 Å². The number of aryl methyl sites for hydroxylation is 2. The molecule has 1 aromatic rings. The molecule has 0 aliphatic carbocycles. The molecule has 5 heteroatoms. The van der Waals surface area contributed by atoms with Crippen molar-refractivity contribution in [2.75, 3.05) is 20.2 Å². The highest BCUT2D eigenvalue weighted by Gasteiger charge is 2.32. The van der Waals surface area contributed by atoms with Gasteiger partial charge in [-0.3, -0.25) is 0 Å². The van der Waals surface area contributed by atoms with Crippen molar-refractivity contribution in [1.82, 2.24) is 4.31 Å². The predicted octanol–water partition coefficient (Wildman–Crippen LogP) is 2.98. The van der Waals surface area contributed by atoms with Gasteiger partial charge in [-0.25, -0.2) is 8.42 Å². The van der Waals surface area contributed by atoms with Gasteiger partial charge in [0.1, 0.15) is 5.75 Å². The van der Waals surface area contributed by atoms with E-state index >= 15 is 0 Å². The molecule has 1 saturated heterocycles. The van der Waals surface area contributed by atoms with Crippen LogP contribution in [0.25, 0.3) is 0 Å². The number of benzene rings is 1. The lowest BCUT2D eigenvalue weighted by Crippen LogP contribution is -2.42. The Balaban J connectivity index is 2.44. The Kier molecular flexibility index (Phi) is 4.63. The SMILES string of the molecule is COc1cc(S(=O)(=O)N2C[C@H](C)C[C@@H](C)C2)c(C)cc1C. The lowest BCUT2D eigenvalue weighted by atomic mass is 9.94. The summed E-state index contributed by atoms with van der Waals surface area (Å²) in [6.45, 7) is 9.19. The second-order valence-electron chi connectivity index (χ2n) is 6.36. The maximum absolute atomic E-state index is 12.9. The molecule has 0 amide bonds. The minimum Gasteiger partial charge on any atom is -0.496 e. The van der Waals surface area contributed by atoms with E-state index in [2.05, 4.69) is 13.8 Å². The Morgan fingerprint density at radius 1 is 1.10 bits per heavy atom. The van der Waals surface area contributed by atoms with E-state index in [9.17, 15) is 8.42 Å². The number of nitrogens with zero attached hydrogens (tertiary/aromatic N) is 1. The van der Waals surface area contributed by atoms with Crippen LogP contribution >= 0.6 is 0 Å². The standard InChI is InChI=1S/C16H25NO3S/c1-11-6-12(2)10-17(9-11)21(18,19)16-8-15(20-5)13(3)7-14(16)4/h7-8,11-12H,6,9-10H2,1-5H3/t11-,12-/m1/s1. The average Bonchev–Trinajstić information content (AvgIpc) is 2.37. The highest BCUT2D eigenvalue weighted by molar-refractivity contribution is 7.89. The number of ether oxygens (including phenoxy) is 1. The second-order valence-corrected chi connectivity index (χ2v) is 8.26. The van der Waals surface area contributed by atoms with Gasteiger partial charge in [0, 0.05) is 19.2 Å². The van der Waals surface area contributed by atoms with Gasteiger partial charge < -0.3 is 4.74 Å². The number of methoxy groups -OCH3 is 1. The van der Waals surface area contributed by atoms with E-state index in [1.807, 2.05) is 19.9 Å². The van der Waals surface area contributed by atoms with Crippen molar-refractivity contribution in [3.63, 3.8) is 0 Å². The fourth-order valence-electron chi connectivity index (χ4n) is 3.25. The monoisotopic (exact) mass is 311 g/mol. The van der Waals surface area contributed by atoms with E-state index in [-0.39, 0.29) is 0 Å². The van der Waals surface area contributed by atoms with Crippen LogP contribution in [-0.4, -0.2) is 32.9 Å². The van der Waals surface area contributed by atoms with Crippen LogP contribution in [0.4, 0.5) is 0 Å². The number of piperidine rings is 1. The molecule has 1 aliphatic heterocycles. The first kappa shape index (κ1) is 16.3. The summed E-state index contributed by atoms with van der Waals surface area (Å²) in [5.41, 5.74) is 1.73. The number of rotatable bonds is 3. The maximum Gasteiger partial charge on any atom is 0.243 e. The quantitative estimate of drug-likeness (QED) is 0.862. The third-order valence-electron chi connectivity index (χ3n) is 4.15. The molecular weight excluding hydrogens is 286 g/mol. The molecule has 1 aliphatic rings. The first-order chi connectivity index (χ1) is 9.75. The molecule has 0 N–H and O–H groups in total. The zero-order valence-electron chi connectivity index (χ0n) is 13.5. The summed E-state index contributed by atoms with van der Waals surface area (Å²) < 4.78 is 32.8. The zero-order chi connectivity index (χ0) is 15.8. The molecule has 0 bridgehead atoms. The minimum absolute atomic E-state index is 0.367. The van der Waals surface area contributed by atoms with E-state index in [0.717, 1.165) is 17.5 Å². The predicted molar refractivity (Wildman–Crippen MR) is 84.2 cm³/mol. The largest absolute Gasteiger partial charge is 0.496 e. The lowest BCUT2D eigenvalue weighted by Gasteiger charge is -2.34. The first-order valence-electron chi connectivity index (χ1n) is 7.41. The summed E-state index contributed by atoms with van der Waals surface area (Å²) in [7, 11) is -1.89. The molecule has 0 unspecified atom stereocenters. The lowest BCUT2D eigenvalue weighted by molar-refractivity contribution is 0.222. The first-order valence-corrected chi connectivity index (χ1v) is 8.85. The average molecular weight is 311 g/mol. The van der Waals surface area contributed by atoms with Gasteiger partial charge in [-0.1, -0.05) is 19.9 Å². The smallest absolute Gasteiger partial charge is 0.243 e. The van der Waals surface area contributed by atoms with E-state index in [1.54, 1.807) is 17.5 Å². The van der Waals surface area contributed by atoms with Gasteiger partial charge in [-0.2, -0.15) is 4.31 Å². The topological polar surface area (TPSA) is 46.6 Å². The van der Waals surface area contributed by atoms with Crippen LogP contribution in [0.3, 0.4) is 0 Å². The van der Waals surface area contributed by atoms with Crippen molar-refractivity contribution >= 4 is 10.0 Å². The van der Waals surface area contributed by atoms with Gasteiger partial charge in [-0.05, 0) is 43.2 Å². The van der Waals surface area contributed by atoms with Crippen LogP contribution in [0.1, 0.15) is 31.4 Å². The van der Waals surface area contributed by atoms with E-state index < -0.39 is 10.0 Å². The Morgan fingerprint density at radius 2 is 1.67 bits per heavy atom. The van der Waals surface area contributed by atoms with Crippen molar-refractivity contribution in [2.45, 2.75) is 39.0 Å². The highest BCUT2D eigenvalue weighted by atomic mass is 32.2. The summed E-state index contributed by atoms with van der Waals surface area (Å²) in [5, 5.41) is 0. The molecule has 4 nitrogen and oxygen atoms in total. The Bertz CT molecular complexity index is 615. The summed E-state index contributed by atoms with van der Waals surface area (Å²) in [6.07, 6.45) is 1.09. The maximum atomic E-state index is 12.9. The number of sulfonamides is 1. The summed E-state index contributed by atoms with van der Waals surface area (Å²) in [5.74, 6) is 1.42. The fourth-order valence-corrected chi connectivity index (χ4v) is 5.15. The van der Waals surface area contributed by atoms with Crippen molar-refractivity contribution in [2.24, 2.45) is 11.8 Å². The normalized spacial score (nSPS) is 24.0. The van der Waals surface area contributed by atoms with Gasteiger partial charge in [0.15, 0.2) is 0 Å². The molecule has 2 atom stereocenters. The zero-order valence-corrected chi connectivity index (χ0v) is 14.3. The molecular formula is C16H25NO3S. The van der Waals surface area contributed by atoms with Crippen LogP contribution < -0.4 is 4.74 Å². The molecule has 1 fully saturated rings. The highest BCUT2D eigenvalue weighted by Crippen LogP contribution is 2.31. The van der Waals surface area contributed by atoms with E-state index in [4.69, 9.17) is 4.74 Å². The molecule has 0 aromatic heterocycles. The molecule has 0 saturated carbocycles. The Labute approximate surface area is 128 Å². The van der Waals surface area contributed by atoms with Gasteiger partial charge in [-0.15, -0.1) is 0 Å². The Hall–Kier alpha value is -1.07. The van der Waals surface area contributed by atoms with Crippen LogP contribution in [0.15, 0.2) is 17.0 Å². The minimum atomic E-state index is -3.45. The molecule has 21 heavy (non-hydrogen) atoms. The van der Waals surface area contributed by atoms with Crippen LogP contribution in [0.5, 0.6) is 5.75 Å². The third-order valence-corrected chi connectivity index (χ3v) is 6.12. The number of hydrogen-bond donors (Lipinski definition) is 0. The molecule has 0 spiro atoms. The van der Waals surface area contributed by atoms with Crippen LogP contribution in [-0.2, 0) is 10.0 Å². The molecule has 1 aromatic carbocycles. The van der Waals surface area contributed by atoms with Crippen molar-refractivity contribution in [3.8, 4) is 5.75 Å². The fraction of sp³-hybridized carbons (Fsp3) is 0.625. The van der Waals surface area contributed by atoms with E-state index in [1.165, 1.54) is 0 Å². The van der Waals surface area contributed by atoms with Gasteiger partial charge in [0.25, 0.3) is 0 Å². The van der Waals surface area contributed by atoms with Crippen LogP contribution in [0.2, 0.25) is 0 Å². The van der Waals surface area contributed by atoms with Crippen molar-refractivity contribution < 1.29 is 13.2 Å². The van der Waals surface area contributed by atoms with Gasteiger partial charge >= 0.3 is 0 Å². The summed E-state index contributed by atoms with van der Waals surface area (Å²) in [4.78, 5) is 0.367.